The molecule has 2 heterocycles. The van der Waals surface area contributed by atoms with Gasteiger partial charge in [0.15, 0.2) is 0 Å². The maximum absolute atomic E-state index is 13.1. The Kier molecular flexibility index (Phi) is 5.80. The van der Waals surface area contributed by atoms with E-state index in [0.29, 0.717) is 24.2 Å². The lowest BCUT2D eigenvalue weighted by molar-refractivity contribution is -0.137. The average molecular weight is 424 g/mol. The molecule has 1 aromatic rings. The van der Waals surface area contributed by atoms with Crippen LogP contribution in [0.1, 0.15) is 68.4 Å². The predicted molar refractivity (Wildman–Crippen MR) is 122 cm³/mol. The molecule has 31 heavy (non-hydrogen) atoms. The number of carbonyl (C=O) groups excluding carboxylic acids is 2. The summed E-state index contributed by atoms with van der Waals surface area (Å²) in [6.07, 6.45) is 8.38. The summed E-state index contributed by atoms with van der Waals surface area (Å²) in [6, 6.07) is 8.83. The van der Waals surface area contributed by atoms with E-state index in [1.54, 1.807) is 0 Å². The standard InChI is InChI=1S/C26H37N3O2/c1-27-14-16-28(17-15-27)24(30)18-21-19-26(23-9-5-4-8-22(21)23)10-12-29(13-11-26)25(31)20-6-2-3-7-20/h4-5,8-9,20-21H,2-3,6-7,10-19H2,1H3/t21-/m1/s1. The number of fused-ring (bicyclic) bond motifs is 2. The summed E-state index contributed by atoms with van der Waals surface area (Å²) in [4.78, 5) is 32.5. The number of likely N-dealkylation sites (N-methyl/N-ethyl adjacent to an activating group) is 1. The van der Waals surface area contributed by atoms with E-state index in [2.05, 4.69) is 46.0 Å². The first kappa shape index (κ1) is 21.0. The fourth-order valence-corrected chi connectivity index (χ4v) is 6.66. The summed E-state index contributed by atoms with van der Waals surface area (Å²) in [5, 5.41) is 0. The molecule has 2 saturated heterocycles. The van der Waals surface area contributed by atoms with Gasteiger partial charge in [-0.05, 0) is 61.6 Å². The molecule has 5 heteroatoms. The maximum Gasteiger partial charge on any atom is 0.225 e. The molecule has 0 bridgehead atoms. The van der Waals surface area contributed by atoms with Crippen molar-refractivity contribution < 1.29 is 9.59 Å². The molecule has 2 amide bonds. The highest BCUT2D eigenvalue weighted by Gasteiger charge is 2.46. The molecular formula is C26H37N3O2. The number of hydrogen-bond donors (Lipinski definition) is 0. The van der Waals surface area contributed by atoms with E-state index < -0.39 is 0 Å². The van der Waals surface area contributed by atoms with Crippen LogP contribution in [0.4, 0.5) is 0 Å². The highest BCUT2D eigenvalue weighted by atomic mass is 16.2. The topological polar surface area (TPSA) is 43.9 Å². The van der Waals surface area contributed by atoms with Crippen LogP contribution in [0.25, 0.3) is 0 Å². The van der Waals surface area contributed by atoms with E-state index in [1.165, 1.54) is 24.0 Å². The molecule has 5 rings (SSSR count). The number of benzene rings is 1. The fourth-order valence-electron chi connectivity index (χ4n) is 6.66. The van der Waals surface area contributed by atoms with Crippen LogP contribution < -0.4 is 0 Å². The second kappa shape index (κ2) is 8.57. The molecule has 168 valence electrons. The summed E-state index contributed by atoms with van der Waals surface area (Å²) in [5.41, 5.74) is 3.00. The van der Waals surface area contributed by atoms with E-state index >= 15 is 0 Å². The molecular weight excluding hydrogens is 386 g/mol. The largest absolute Gasteiger partial charge is 0.342 e. The number of likely N-dealkylation sites (tertiary alicyclic amines) is 1. The second-order valence-corrected chi connectivity index (χ2v) is 10.5. The van der Waals surface area contributed by atoms with E-state index in [0.717, 1.165) is 71.4 Å². The van der Waals surface area contributed by atoms with Crippen molar-refractivity contribution >= 4 is 11.8 Å². The van der Waals surface area contributed by atoms with E-state index in [4.69, 9.17) is 0 Å². The average Bonchev–Trinajstić information content (AvgIpc) is 3.43. The highest BCUT2D eigenvalue weighted by molar-refractivity contribution is 5.79. The summed E-state index contributed by atoms with van der Waals surface area (Å²) in [5.74, 6) is 1.32. The quantitative estimate of drug-likeness (QED) is 0.749. The van der Waals surface area contributed by atoms with E-state index in [1.807, 2.05) is 0 Å². The third-order valence-corrected chi connectivity index (χ3v) is 8.62. The Bertz CT molecular complexity index is 816. The summed E-state index contributed by atoms with van der Waals surface area (Å²) < 4.78 is 0. The van der Waals surface area contributed by atoms with E-state index in [-0.39, 0.29) is 11.3 Å². The zero-order valence-corrected chi connectivity index (χ0v) is 19.0. The summed E-state index contributed by atoms with van der Waals surface area (Å²) in [6.45, 7) is 5.41. The van der Waals surface area contributed by atoms with Gasteiger partial charge in [-0.25, -0.2) is 0 Å². The number of piperidine rings is 1. The molecule has 1 atom stereocenters. The van der Waals surface area contributed by atoms with Crippen LogP contribution in [0.3, 0.4) is 0 Å². The first-order valence-electron chi connectivity index (χ1n) is 12.4. The SMILES string of the molecule is CN1CCN(C(=O)C[C@@H]2CC3(CCN(C(=O)C4CCCC4)CC3)c3ccccc32)CC1. The number of nitrogens with zero attached hydrogens (tertiary/aromatic N) is 3. The Morgan fingerprint density at radius 1 is 0.935 bits per heavy atom. The molecule has 5 nitrogen and oxygen atoms in total. The van der Waals surface area contributed by atoms with Gasteiger partial charge in [0.1, 0.15) is 0 Å². The summed E-state index contributed by atoms with van der Waals surface area (Å²) >= 11 is 0. The molecule has 2 aliphatic heterocycles. The third-order valence-electron chi connectivity index (χ3n) is 8.62. The monoisotopic (exact) mass is 423 g/mol. The minimum atomic E-state index is 0.149. The highest BCUT2D eigenvalue weighted by Crippen LogP contribution is 2.53. The number of carbonyl (C=O) groups is 2. The Morgan fingerprint density at radius 2 is 1.61 bits per heavy atom. The zero-order chi connectivity index (χ0) is 21.4. The lowest BCUT2D eigenvalue weighted by Gasteiger charge is -2.41. The molecule has 4 aliphatic rings. The zero-order valence-electron chi connectivity index (χ0n) is 19.0. The minimum Gasteiger partial charge on any atom is -0.342 e. The van der Waals surface area contributed by atoms with Crippen LogP contribution >= 0.6 is 0 Å². The van der Waals surface area contributed by atoms with Gasteiger partial charge >= 0.3 is 0 Å². The van der Waals surface area contributed by atoms with Crippen molar-refractivity contribution in [2.24, 2.45) is 5.92 Å². The van der Waals surface area contributed by atoms with Crippen molar-refractivity contribution in [3.05, 3.63) is 35.4 Å². The molecule has 1 aromatic carbocycles. The van der Waals surface area contributed by atoms with Crippen molar-refractivity contribution in [3.63, 3.8) is 0 Å². The van der Waals surface area contributed by atoms with Gasteiger partial charge in [-0.15, -0.1) is 0 Å². The van der Waals surface area contributed by atoms with Crippen LogP contribution in [-0.2, 0) is 15.0 Å². The molecule has 1 spiro atoms. The smallest absolute Gasteiger partial charge is 0.225 e. The molecule has 0 N–H and O–H groups in total. The van der Waals surface area contributed by atoms with Gasteiger partial charge in [-0.2, -0.15) is 0 Å². The van der Waals surface area contributed by atoms with Crippen LogP contribution in [0, 0.1) is 5.92 Å². The molecule has 1 saturated carbocycles. The number of hydrogen-bond acceptors (Lipinski definition) is 3. The van der Waals surface area contributed by atoms with Crippen LogP contribution in [0.5, 0.6) is 0 Å². The first-order valence-corrected chi connectivity index (χ1v) is 12.4. The fraction of sp³-hybridized carbons (Fsp3) is 0.692. The lowest BCUT2D eigenvalue weighted by atomic mass is 9.73. The van der Waals surface area contributed by atoms with Crippen molar-refractivity contribution in [1.29, 1.82) is 0 Å². The van der Waals surface area contributed by atoms with Gasteiger partial charge in [0.2, 0.25) is 11.8 Å². The lowest BCUT2D eigenvalue weighted by Crippen LogP contribution is -2.47. The number of amides is 2. The molecule has 2 aliphatic carbocycles. The maximum atomic E-state index is 13.1. The van der Waals surface area contributed by atoms with Crippen LogP contribution in [0.2, 0.25) is 0 Å². The van der Waals surface area contributed by atoms with Gasteiger partial charge in [0.05, 0.1) is 0 Å². The van der Waals surface area contributed by atoms with Crippen molar-refractivity contribution in [1.82, 2.24) is 14.7 Å². The Morgan fingerprint density at radius 3 is 2.32 bits per heavy atom. The summed E-state index contributed by atoms with van der Waals surface area (Å²) in [7, 11) is 2.13. The van der Waals surface area contributed by atoms with Crippen molar-refractivity contribution in [3.8, 4) is 0 Å². The van der Waals surface area contributed by atoms with Crippen molar-refractivity contribution in [2.75, 3.05) is 46.3 Å². The van der Waals surface area contributed by atoms with Gasteiger partial charge in [-0.1, -0.05) is 37.1 Å². The first-order chi connectivity index (χ1) is 15.1. The molecule has 0 unspecified atom stereocenters. The Balaban J connectivity index is 1.27. The Labute approximate surface area is 186 Å². The van der Waals surface area contributed by atoms with E-state index in [9.17, 15) is 9.59 Å². The van der Waals surface area contributed by atoms with Gasteiger partial charge in [-0.3, -0.25) is 9.59 Å². The van der Waals surface area contributed by atoms with Gasteiger partial charge in [0.25, 0.3) is 0 Å². The van der Waals surface area contributed by atoms with Gasteiger partial charge in [0, 0.05) is 51.6 Å². The normalized spacial score (nSPS) is 26.4. The Hall–Kier alpha value is -1.88. The van der Waals surface area contributed by atoms with Crippen LogP contribution in [-0.4, -0.2) is 72.8 Å². The second-order valence-electron chi connectivity index (χ2n) is 10.5. The molecule has 3 fully saturated rings. The van der Waals surface area contributed by atoms with Crippen LogP contribution in [0.15, 0.2) is 24.3 Å². The van der Waals surface area contributed by atoms with Crippen molar-refractivity contribution in [2.45, 2.75) is 62.7 Å². The number of rotatable bonds is 3. The predicted octanol–water partition coefficient (Wildman–Crippen LogP) is 3.39. The third kappa shape index (κ3) is 4.02. The molecule has 0 aromatic heterocycles. The number of piperazine rings is 1. The minimum absolute atomic E-state index is 0.149. The molecule has 0 radical (unpaired) electrons. The van der Waals surface area contributed by atoms with Gasteiger partial charge < -0.3 is 14.7 Å².